The lowest BCUT2D eigenvalue weighted by Gasteiger charge is -2.24. The molecule has 0 aliphatic carbocycles. The number of methoxy groups -OCH3 is 1. The Hall–Kier alpha value is -3.25. The average Bonchev–Trinajstić information content (AvgIpc) is 3.33. The predicted molar refractivity (Wildman–Crippen MR) is 131 cm³/mol. The summed E-state index contributed by atoms with van der Waals surface area (Å²) in [7, 11) is 1.64. The molecule has 33 heavy (non-hydrogen) atoms. The number of hydrogen-bond acceptors (Lipinski definition) is 3. The molecule has 4 rings (SSSR count). The first-order valence-corrected chi connectivity index (χ1v) is 11.6. The first-order chi connectivity index (χ1) is 16.0. The zero-order chi connectivity index (χ0) is 23.2. The summed E-state index contributed by atoms with van der Waals surface area (Å²) in [6, 6.07) is 18.8. The number of ether oxygens (including phenoxy) is 1. The van der Waals surface area contributed by atoms with E-state index in [9.17, 15) is 9.59 Å². The van der Waals surface area contributed by atoms with E-state index < -0.39 is 6.04 Å². The maximum Gasteiger partial charge on any atom is 0.318 e. The molecule has 172 valence electrons. The number of nitrogens with zero attached hydrogens (tertiary/aromatic N) is 1. The van der Waals surface area contributed by atoms with Crippen LogP contribution in [0.3, 0.4) is 0 Å². The van der Waals surface area contributed by atoms with Crippen LogP contribution in [0.2, 0.25) is 5.02 Å². The summed E-state index contributed by atoms with van der Waals surface area (Å²) in [6.07, 6.45) is 2.21. The van der Waals surface area contributed by atoms with E-state index in [1.807, 2.05) is 60.7 Å². The Morgan fingerprint density at radius 2 is 1.91 bits per heavy atom. The number of rotatable bonds is 7. The van der Waals surface area contributed by atoms with Gasteiger partial charge >= 0.3 is 6.03 Å². The van der Waals surface area contributed by atoms with Gasteiger partial charge in [0.1, 0.15) is 11.8 Å². The van der Waals surface area contributed by atoms with Gasteiger partial charge in [-0.25, -0.2) is 4.79 Å². The van der Waals surface area contributed by atoms with E-state index >= 15 is 0 Å². The minimum atomic E-state index is -0.442. The number of amides is 3. The quantitative estimate of drug-likeness (QED) is 0.538. The van der Waals surface area contributed by atoms with Crippen LogP contribution in [0.1, 0.15) is 24.0 Å². The third-order valence-electron chi connectivity index (χ3n) is 6.05. The summed E-state index contributed by atoms with van der Waals surface area (Å²) in [5, 5.41) is 8.71. The fourth-order valence-electron chi connectivity index (χ4n) is 4.26. The van der Waals surface area contributed by atoms with Crippen LogP contribution < -0.4 is 15.4 Å². The van der Waals surface area contributed by atoms with Gasteiger partial charge in [0, 0.05) is 24.7 Å². The van der Waals surface area contributed by atoms with E-state index in [1.54, 1.807) is 12.0 Å². The van der Waals surface area contributed by atoms with E-state index in [-0.39, 0.29) is 11.9 Å². The van der Waals surface area contributed by atoms with E-state index in [0.717, 1.165) is 40.5 Å². The Bertz CT molecular complexity index is 1130. The molecule has 0 aromatic heterocycles. The molecule has 1 fully saturated rings. The van der Waals surface area contributed by atoms with Crippen molar-refractivity contribution in [1.29, 1.82) is 0 Å². The third-order valence-corrected chi connectivity index (χ3v) is 6.29. The number of urea groups is 1. The lowest BCUT2D eigenvalue weighted by Crippen LogP contribution is -2.49. The topological polar surface area (TPSA) is 70.7 Å². The Morgan fingerprint density at radius 3 is 2.70 bits per heavy atom. The molecule has 6 nitrogen and oxygen atoms in total. The van der Waals surface area contributed by atoms with Gasteiger partial charge in [-0.3, -0.25) is 4.79 Å². The van der Waals surface area contributed by atoms with Crippen LogP contribution in [-0.4, -0.2) is 43.1 Å². The summed E-state index contributed by atoms with van der Waals surface area (Å²) >= 11 is 6.16. The predicted octanol–water partition coefficient (Wildman–Crippen LogP) is 4.53. The molecule has 2 N–H and O–H groups in total. The Labute approximate surface area is 198 Å². The molecule has 1 unspecified atom stereocenters. The molecule has 3 aromatic carbocycles. The molecule has 1 saturated heterocycles. The molecule has 1 aliphatic heterocycles. The molecule has 0 spiro atoms. The monoisotopic (exact) mass is 465 g/mol. The molecule has 3 aromatic rings. The van der Waals surface area contributed by atoms with Crippen LogP contribution in [0.4, 0.5) is 4.79 Å². The minimum absolute atomic E-state index is 0.104. The van der Waals surface area contributed by atoms with Gasteiger partial charge in [-0.05, 0) is 65.4 Å². The van der Waals surface area contributed by atoms with Gasteiger partial charge in [0.05, 0.1) is 7.11 Å². The van der Waals surface area contributed by atoms with Crippen LogP contribution >= 0.6 is 11.6 Å². The minimum Gasteiger partial charge on any atom is -0.497 e. The number of carbonyl (C=O) groups is 2. The van der Waals surface area contributed by atoms with Crippen molar-refractivity contribution in [2.75, 3.05) is 20.2 Å². The molecule has 1 atom stereocenters. The summed E-state index contributed by atoms with van der Waals surface area (Å²) in [6.45, 7) is 1.47. The van der Waals surface area contributed by atoms with Crippen LogP contribution in [0.15, 0.2) is 60.7 Å². The van der Waals surface area contributed by atoms with Crippen molar-refractivity contribution >= 4 is 34.3 Å². The Kier molecular flexibility index (Phi) is 7.35. The first kappa shape index (κ1) is 22.9. The first-order valence-electron chi connectivity index (χ1n) is 11.2. The molecule has 7 heteroatoms. The van der Waals surface area contributed by atoms with Gasteiger partial charge in [0.15, 0.2) is 0 Å². The highest BCUT2D eigenvalue weighted by molar-refractivity contribution is 6.31. The Morgan fingerprint density at radius 1 is 1.09 bits per heavy atom. The van der Waals surface area contributed by atoms with Crippen molar-refractivity contribution in [1.82, 2.24) is 15.5 Å². The van der Waals surface area contributed by atoms with Crippen molar-refractivity contribution in [3.63, 3.8) is 0 Å². The molecule has 1 heterocycles. The largest absolute Gasteiger partial charge is 0.497 e. The van der Waals surface area contributed by atoms with Crippen molar-refractivity contribution in [3.8, 4) is 5.75 Å². The van der Waals surface area contributed by atoms with Crippen LogP contribution in [0.5, 0.6) is 5.75 Å². The van der Waals surface area contributed by atoms with Gasteiger partial charge in [-0.2, -0.15) is 0 Å². The highest BCUT2D eigenvalue weighted by Gasteiger charge is 2.33. The van der Waals surface area contributed by atoms with Crippen molar-refractivity contribution < 1.29 is 14.3 Å². The van der Waals surface area contributed by atoms with Gasteiger partial charge in [0.25, 0.3) is 0 Å². The summed E-state index contributed by atoms with van der Waals surface area (Å²) < 4.78 is 5.17. The van der Waals surface area contributed by atoms with Crippen LogP contribution in [0, 0.1) is 0 Å². The van der Waals surface area contributed by atoms with Gasteiger partial charge in [-0.15, -0.1) is 0 Å². The number of nitrogens with one attached hydrogen (secondary N) is 2. The van der Waals surface area contributed by atoms with E-state index in [4.69, 9.17) is 16.3 Å². The molecule has 3 amide bonds. The maximum atomic E-state index is 12.9. The second-order valence-electron chi connectivity index (χ2n) is 8.18. The summed E-state index contributed by atoms with van der Waals surface area (Å²) in [4.78, 5) is 27.3. The number of fused-ring (bicyclic) bond motifs is 1. The normalized spacial score (nSPS) is 15.5. The fraction of sp³-hybridized carbons (Fsp3) is 0.308. The van der Waals surface area contributed by atoms with Gasteiger partial charge < -0.3 is 20.3 Å². The molecular formula is C26H28ClN3O3. The van der Waals surface area contributed by atoms with Crippen molar-refractivity contribution in [2.24, 2.45) is 0 Å². The van der Waals surface area contributed by atoms with Gasteiger partial charge in [0.2, 0.25) is 5.91 Å². The summed E-state index contributed by atoms with van der Waals surface area (Å²) in [5.41, 5.74) is 2.11. The molecular weight excluding hydrogens is 438 g/mol. The molecule has 1 aliphatic rings. The lowest BCUT2D eigenvalue weighted by atomic mass is 10.0. The number of benzene rings is 3. The van der Waals surface area contributed by atoms with Gasteiger partial charge in [-0.1, -0.05) is 48.0 Å². The van der Waals surface area contributed by atoms with Crippen LogP contribution in [-0.2, 0) is 17.8 Å². The zero-order valence-corrected chi connectivity index (χ0v) is 19.4. The number of likely N-dealkylation sites (tertiary alicyclic amines) is 1. The molecule has 0 radical (unpaired) electrons. The third kappa shape index (κ3) is 5.57. The number of carbonyl (C=O) groups excluding carboxylic acids is 2. The second-order valence-corrected chi connectivity index (χ2v) is 8.62. The number of hydrogen-bond donors (Lipinski definition) is 2. The standard InChI is InChI=1S/C26H28ClN3O3/c1-33-22-11-7-18(8-12-22)13-14-28-25(31)24-6-3-15-30(24)26(32)29-17-20-5-2-4-19-9-10-21(27)16-23(19)20/h2,4-5,7-12,16,24H,3,6,13-15,17H2,1H3,(H,28,31)(H,29,32). The SMILES string of the molecule is COc1ccc(CCNC(=O)C2CCCN2C(=O)NCc2cccc3ccc(Cl)cc23)cc1. The Balaban J connectivity index is 1.31. The summed E-state index contributed by atoms with van der Waals surface area (Å²) in [5.74, 6) is 0.704. The molecule has 0 bridgehead atoms. The van der Waals surface area contributed by atoms with Crippen molar-refractivity contribution in [2.45, 2.75) is 31.8 Å². The highest BCUT2D eigenvalue weighted by Crippen LogP contribution is 2.23. The highest BCUT2D eigenvalue weighted by atomic mass is 35.5. The smallest absolute Gasteiger partial charge is 0.318 e. The lowest BCUT2D eigenvalue weighted by molar-refractivity contribution is -0.124. The number of halogens is 1. The maximum absolute atomic E-state index is 12.9. The van der Waals surface area contributed by atoms with E-state index in [2.05, 4.69) is 10.6 Å². The molecule has 0 saturated carbocycles. The second kappa shape index (κ2) is 10.6. The van der Waals surface area contributed by atoms with Crippen LogP contribution in [0.25, 0.3) is 10.8 Å². The van der Waals surface area contributed by atoms with E-state index in [0.29, 0.717) is 31.1 Å². The van der Waals surface area contributed by atoms with E-state index in [1.165, 1.54) is 0 Å². The van der Waals surface area contributed by atoms with Crippen molar-refractivity contribution in [3.05, 3.63) is 76.8 Å². The zero-order valence-electron chi connectivity index (χ0n) is 18.6. The fourth-order valence-corrected chi connectivity index (χ4v) is 4.43. The average molecular weight is 466 g/mol.